The Morgan fingerprint density at radius 2 is 1.77 bits per heavy atom. The van der Waals surface area contributed by atoms with Crippen molar-refractivity contribution in [2.45, 2.75) is 115 Å². The van der Waals surface area contributed by atoms with E-state index in [1.165, 1.54) is 6.92 Å². The molecule has 4 heterocycles. The van der Waals surface area contributed by atoms with Gasteiger partial charge in [0.15, 0.2) is 17.9 Å². The second kappa shape index (κ2) is 12.3. The number of hydrogen-bond donors (Lipinski definition) is 4. The molecule has 5 aliphatic rings. The third-order valence-electron chi connectivity index (χ3n) is 8.87. The second-order valence-electron chi connectivity index (χ2n) is 11.8. The molecule has 5 fully saturated rings. The van der Waals surface area contributed by atoms with Crippen LogP contribution in [0.5, 0.6) is 0 Å². The van der Waals surface area contributed by atoms with Gasteiger partial charge < -0.3 is 35.1 Å². The van der Waals surface area contributed by atoms with E-state index in [9.17, 15) is 24.3 Å². The Labute approximate surface area is 233 Å². The molecule has 0 unspecified atom stereocenters. The van der Waals surface area contributed by atoms with Gasteiger partial charge in [0.2, 0.25) is 23.9 Å². The first-order valence-corrected chi connectivity index (χ1v) is 14.2. The van der Waals surface area contributed by atoms with Crippen LogP contribution >= 0.6 is 0 Å². The molecule has 4 saturated heterocycles. The summed E-state index contributed by atoms with van der Waals surface area (Å²) in [4.78, 5) is 59.7. The summed E-state index contributed by atoms with van der Waals surface area (Å²) in [5.41, 5.74) is -0.752. The van der Waals surface area contributed by atoms with E-state index in [0.29, 0.717) is 12.3 Å². The Bertz CT molecular complexity index is 976. The first kappa shape index (κ1) is 30.6. The lowest BCUT2D eigenvalue weighted by molar-refractivity contribution is -0.576. The molecule has 0 aromatic rings. The van der Waals surface area contributed by atoms with Crippen molar-refractivity contribution in [3.05, 3.63) is 0 Å². The molecular formula is C27H42N2O11. The minimum absolute atomic E-state index is 0.0137. The fourth-order valence-corrected chi connectivity index (χ4v) is 6.61. The van der Waals surface area contributed by atoms with E-state index in [0.717, 1.165) is 19.3 Å². The minimum Gasteiger partial charge on any atom is -0.480 e. The maximum Gasteiger partial charge on any atom is 0.328 e. The van der Waals surface area contributed by atoms with Gasteiger partial charge in [-0.2, -0.15) is 0 Å². The van der Waals surface area contributed by atoms with Crippen molar-refractivity contribution < 1.29 is 53.4 Å². The van der Waals surface area contributed by atoms with E-state index in [1.807, 2.05) is 13.8 Å². The van der Waals surface area contributed by atoms with Gasteiger partial charge in [-0.25, -0.2) is 14.6 Å². The fourth-order valence-electron chi connectivity index (χ4n) is 6.61. The van der Waals surface area contributed by atoms with Crippen LogP contribution in [0.2, 0.25) is 0 Å². The molecule has 13 heteroatoms. The summed E-state index contributed by atoms with van der Waals surface area (Å²) in [6, 6.07) is -1.40. The van der Waals surface area contributed by atoms with Crippen LogP contribution in [-0.2, 0) is 43.2 Å². The highest BCUT2D eigenvalue weighted by Crippen LogP contribution is 2.60. The lowest BCUT2D eigenvalue weighted by Crippen LogP contribution is -2.70. The van der Waals surface area contributed by atoms with Crippen LogP contribution < -0.4 is 10.6 Å². The number of carbonyl (C=O) groups excluding carboxylic acids is 3. The molecule has 2 amide bonds. The van der Waals surface area contributed by atoms with Crippen molar-refractivity contribution >= 4 is 23.8 Å². The Morgan fingerprint density at radius 1 is 1.02 bits per heavy atom. The third kappa shape index (κ3) is 6.28. The number of hydrogen-bond acceptors (Lipinski definition) is 10. The molecule has 226 valence electrons. The topological polar surface area (TPSA) is 179 Å². The highest BCUT2D eigenvalue weighted by molar-refractivity contribution is 5.84. The summed E-state index contributed by atoms with van der Waals surface area (Å²) in [5.74, 6) is -3.30. The van der Waals surface area contributed by atoms with Crippen molar-refractivity contribution in [3.63, 3.8) is 0 Å². The molecule has 1 spiro atoms. The lowest BCUT2D eigenvalue weighted by Gasteiger charge is -2.59. The molecule has 1 aliphatic carbocycles. The quantitative estimate of drug-likeness (QED) is 0.160. The number of esters is 1. The molecule has 4 N–H and O–H groups in total. The van der Waals surface area contributed by atoms with Crippen LogP contribution in [0.1, 0.15) is 79.1 Å². The number of ether oxygens (including phenoxy) is 3. The molecule has 0 aromatic carbocycles. The second-order valence-corrected chi connectivity index (χ2v) is 11.8. The Balaban J connectivity index is 1.22. The van der Waals surface area contributed by atoms with E-state index >= 15 is 0 Å². The maximum absolute atomic E-state index is 12.7. The Kier molecular flexibility index (Phi) is 9.40. The molecule has 13 nitrogen and oxygen atoms in total. The van der Waals surface area contributed by atoms with Crippen molar-refractivity contribution in [3.8, 4) is 0 Å². The van der Waals surface area contributed by atoms with Crippen LogP contribution in [0, 0.1) is 23.7 Å². The summed E-state index contributed by atoms with van der Waals surface area (Å²) in [6.45, 7) is 7.46. The van der Waals surface area contributed by atoms with E-state index in [4.69, 9.17) is 29.1 Å². The zero-order chi connectivity index (χ0) is 29.2. The van der Waals surface area contributed by atoms with Crippen molar-refractivity contribution in [2.75, 3.05) is 6.54 Å². The van der Waals surface area contributed by atoms with Gasteiger partial charge in [0.05, 0.1) is 12.5 Å². The maximum atomic E-state index is 12.7. The number of carboxylic acids is 1. The molecule has 5 rings (SSSR count). The number of aliphatic hydroxyl groups is 1. The number of carbonyl (C=O) groups is 4. The average molecular weight is 571 g/mol. The first-order chi connectivity index (χ1) is 18.9. The van der Waals surface area contributed by atoms with Crippen LogP contribution in [0.15, 0.2) is 0 Å². The third-order valence-corrected chi connectivity index (χ3v) is 8.87. The molecule has 4 aliphatic heterocycles. The molecule has 40 heavy (non-hydrogen) atoms. The van der Waals surface area contributed by atoms with Gasteiger partial charge in [-0.1, -0.05) is 13.8 Å². The molecule has 1 saturated carbocycles. The summed E-state index contributed by atoms with van der Waals surface area (Å²) in [6.07, 6.45) is 0.639. The number of aliphatic carboxylic acids is 1. The van der Waals surface area contributed by atoms with E-state index in [2.05, 4.69) is 17.6 Å². The monoisotopic (exact) mass is 570 g/mol. The van der Waals surface area contributed by atoms with Crippen LogP contribution in [0.4, 0.5) is 0 Å². The molecule has 0 aromatic heterocycles. The average Bonchev–Trinajstić information content (AvgIpc) is 3.12. The minimum atomic E-state index is -1.40. The predicted molar refractivity (Wildman–Crippen MR) is 136 cm³/mol. The number of amides is 2. The molecule has 0 radical (unpaired) electrons. The smallest absolute Gasteiger partial charge is 0.328 e. The zero-order valence-electron chi connectivity index (χ0n) is 23.6. The highest BCUT2D eigenvalue weighted by atomic mass is 17.3. The number of carboxylic acid groups (broad SMARTS) is 1. The summed E-state index contributed by atoms with van der Waals surface area (Å²) < 4.78 is 18.2. The molecule has 10 atom stereocenters. The van der Waals surface area contributed by atoms with Crippen molar-refractivity contribution in [1.82, 2.24) is 10.6 Å². The van der Waals surface area contributed by atoms with Gasteiger partial charge in [0.1, 0.15) is 0 Å². The van der Waals surface area contributed by atoms with Crippen LogP contribution in [0.3, 0.4) is 0 Å². The first-order valence-electron chi connectivity index (χ1n) is 14.2. The van der Waals surface area contributed by atoms with Crippen molar-refractivity contribution in [1.29, 1.82) is 0 Å². The van der Waals surface area contributed by atoms with Crippen LogP contribution in [0.25, 0.3) is 0 Å². The van der Waals surface area contributed by atoms with E-state index in [1.54, 1.807) is 0 Å². The van der Waals surface area contributed by atoms with Gasteiger partial charge in [0, 0.05) is 37.6 Å². The van der Waals surface area contributed by atoms with Crippen molar-refractivity contribution in [2.24, 2.45) is 23.7 Å². The van der Waals surface area contributed by atoms with Gasteiger partial charge >= 0.3 is 11.9 Å². The van der Waals surface area contributed by atoms with E-state index < -0.39 is 54.0 Å². The van der Waals surface area contributed by atoms with Crippen LogP contribution in [-0.4, -0.2) is 76.6 Å². The number of rotatable bonds is 11. The number of nitrogens with one attached hydrogen (secondary N) is 2. The summed E-state index contributed by atoms with van der Waals surface area (Å²) >= 11 is 0. The standard InChI is InChI=1S/C27H42N2O11/c1-14-7-8-18-15(2)24(37-25-27(18)17(14)11-12-26(4,38-25)39-40-27)36-21(33)10-9-19(31)28-13-5-6-20(32)29-22(16(3)30)23(34)35/h14-18,22,24-25,30H,5-13H2,1-4H3,(H,28,31)(H,29,32)(H,34,35)/t14-,15+,16-,17+,18+,22+,24-,25+,26+,27-/m1/s1. The summed E-state index contributed by atoms with van der Waals surface area (Å²) in [5, 5.41) is 23.3. The highest BCUT2D eigenvalue weighted by Gasteiger charge is 2.69. The normalized spacial score (nSPS) is 37.8. The van der Waals surface area contributed by atoms with Gasteiger partial charge in [0.25, 0.3) is 0 Å². The predicted octanol–water partition coefficient (Wildman–Crippen LogP) is 1.36. The zero-order valence-corrected chi connectivity index (χ0v) is 23.6. The number of aliphatic hydroxyl groups excluding tert-OH is 1. The molecule has 2 bridgehead atoms. The Hall–Kier alpha value is -2.32. The number of fused-ring (bicyclic) bond motifs is 2. The molecular weight excluding hydrogens is 528 g/mol. The summed E-state index contributed by atoms with van der Waals surface area (Å²) in [7, 11) is 0. The van der Waals surface area contributed by atoms with Gasteiger partial charge in [-0.15, -0.1) is 0 Å². The Morgan fingerprint density at radius 3 is 2.48 bits per heavy atom. The fraction of sp³-hybridized carbons (Fsp3) is 0.852. The SMILES string of the molecule is C[C@@H]1[C@H](OC(=O)CCC(=O)NCCCC(=O)N[C@H](C(=O)O)[C@@H](C)O)O[C@H]2O[C@]3(C)CC[C@H]4[C@H](C)CC[C@@H]1[C@@]24OO3. The largest absolute Gasteiger partial charge is 0.480 e. The van der Waals surface area contributed by atoms with Gasteiger partial charge in [-0.05, 0) is 51.4 Å². The lowest BCUT2D eigenvalue weighted by atomic mass is 9.58. The van der Waals surface area contributed by atoms with E-state index in [-0.39, 0.29) is 55.9 Å². The van der Waals surface area contributed by atoms with Gasteiger partial charge in [-0.3, -0.25) is 14.4 Å².